The second kappa shape index (κ2) is 2.08. The van der Waals surface area contributed by atoms with Gasteiger partial charge in [-0.3, -0.25) is 0 Å². The molecule has 0 heterocycles. The normalized spacial score (nSPS) is 39.9. The first-order chi connectivity index (χ1) is 4.44. The Bertz CT molecular complexity index is 135. The van der Waals surface area contributed by atoms with Gasteiger partial charge in [0.2, 0.25) is 0 Å². The number of aliphatic hydroxyl groups excluding tert-OH is 1. The molecule has 0 saturated heterocycles. The molecular formula is C8H18OSi. The summed E-state index contributed by atoms with van der Waals surface area (Å²) in [4.78, 5) is 0. The summed E-state index contributed by atoms with van der Waals surface area (Å²) in [5.74, 6) is 0.782. The minimum Gasteiger partial charge on any atom is -0.396 e. The van der Waals surface area contributed by atoms with Gasteiger partial charge in [0.25, 0.3) is 0 Å². The number of rotatable bonds is 2. The highest BCUT2D eigenvalue weighted by molar-refractivity contribution is 6.80. The van der Waals surface area contributed by atoms with Crippen molar-refractivity contribution in [1.29, 1.82) is 0 Å². The Morgan fingerprint density at radius 1 is 1.50 bits per heavy atom. The van der Waals surface area contributed by atoms with Gasteiger partial charge in [0.05, 0.1) is 8.07 Å². The molecule has 1 N–H and O–H groups in total. The van der Waals surface area contributed by atoms with Gasteiger partial charge in [-0.1, -0.05) is 26.6 Å². The molecule has 0 aromatic rings. The highest BCUT2D eigenvalue weighted by atomic mass is 28.3. The van der Waals surface area contributed by atoms with Crippen LogP contribution in [0.1, 0.15) is 13.3 Å². The van der Waals surface area contributed by atoms with Crippen LogP contribution in [0.2, 0.25) is 24.7 Å². The molecule has 0 aromatic carbocycles. The van der Waals surface area contributed by atoms with Crippen molar-refractivity contribution < 1.29 is 5.11 Å². The predicted octanol–water partition coefficient (Wildman–Crippen LogP) is 2.10. The molecular weight excluding hydrogens is 140 g/mol. The summed E-state index contributed by atoms with van der Waals surface area (Å²) in [6, 6.07) is 0. The fraction of sp³-hybridized carbons (Fsp3) is 1.00. The van der Waals surface area contributed by atoms with Crippen molar-refractivity contribution in [3.05, 3.63) is 0 Å². The van der Waals surface area contributed by atoms with Crippen LogP contribution in [0.15, 0.2) is 0 Å². The van der Waals surface area contributed by atoms with Gasteiger partial charge in [0.15, 0.2) is 0 Å². The van der Waals surface area contributed by atoms with Gasteiger partial charge < -0.3 is 5.11 Å². The first kappa shape index (κ1) is 8.28. The van der Waals surface area contributed by atoms with Gasteiger partial charge in [-0.2, -0.15) is 0 Å². The van der Waals surface area contributed by atoms with Gasteiger partial charge in [0, 0.05) is 6.61 Å². The van der Waals surface area contributed by atoms with Gasteiger partial charge in [-0.15, -0.1) is 0 Å². The van der Waals surface area contributed by atoms with E-state index < -0.39 is 8.07 Å². The van der Waals surface area contributed by atoms with Crippen LogP contribution in [0.25, 0.3) is 0 Å². The molecule has 1 aliphatic carbocycles. The molecule has 10 heavy (non-hydrogen) atoms. The van der Waals surface area contributed by atoms with Crippen molar-refractivity contribution in [2.24, 2.45) is 5.92 Å². The van der Waals surface area contributed by atoms with E-state index >= 15 is 0 Å². The monoisotopic (exact) mass is 158 g/mol. The third-order valence-electron chi connectivity index (χ3n) is 3.23. The van der Waals surface area contributed by atoms with Gasteiger partial charge >= 0.3 is 0 Å². The Labute approximate surface area is 64.5 Å². The van der Waals surface area contributed by atoms with E-state index in [1.165, 1.54) is 6.42 Å². The Kier molecular flexibility index (Phi) is 1.72. The van der Waals surface area contributed by atoms with E-state index in [-0.39, 0.29) is 0 Å². The standard InChI is InChI=1S/C8H18OSi/c1-7-5-8(7,6-9)10(2,3)4/h7,9H,5-6H2,1-4H3/t7-,8+/m1/s1. The topological polar surface area (TPSA) is 20.2 Å². The molecule has 1 saturated carbocycles. The molecule has 0 bridgehead atoms. The van der Waals surface area contributed by atoms with Crippen LogP contribution >= 0.6 is 0 Å². The molecule has 2 heteroatoms. The van der Waals surface area contributed by atoms with Crippen molar-refractivity contribution >= 4 is 8.07 Å². The quantitative estimate of drug-likeness (QED) is 0.610. The van der Waals surface area contributed by atoms with Crippen LogP contribution in [-0.2, 0) is 0 Å². The van der Waals surface area contributed by atoms with Crippen molar-refractivity contribution in [2.75, 3.05) is 6.61 Å². The lowest BCUT2D eigenvalue weighted by molar-refractivity contribution is 0.273. The lowest BCUT2D eigenvalue weighted by Gasteiger charge is -2.27. The van der Waals surface area contributed by atoms with Crippen molar-refractivity contribution in [3.8, 4) is 0 Å². The van der Waals surface area contributed by atoms with Crippen LogP contribution < -0.4 is 0 Å². The molecule has 0 spiro atoms. The molecule has 1 aliphatic rings. The number of hydrogen-bond acceptors (Lipinski definition) is 1. The van der Waals surface area contributed by atoms with E-state index in [1.54, 1.807) is 0 Å². The van der Waals surface area contributed by atoms with Crippen LogP contribution in [-0.4, -0.2) is 19.8 Å². The first-order valence-electron chi connectivity index (χ1n) is 4.05. The Hall–Kier alpha value is 0.177. The molecule has 60 valence electrons. The molecule has 1 fully saturated rings. The smallest absolute Gasteiger partial charge is 0.0538 e. The van der Waals surface area contributed by atoms with Crippen LogP contribution in [0.5, 0.6) is 0 Å². The largest absolute Gasteiger partial charge is 0.396 e. The Morgan fingerprint density at radius 3 is 1.90 bits per heavy atom. The highest BCUT2D eigenvalue weighted by Crippen LogP contribution is 2.64. The highest BCUT2D eigenvalue weighted by Gasteiger charge is 2.58. The predicted molar refractivity (Wildman–Crippen MR) is 46.9 cm³/mol. The molecule has 0 unspecified atom stereocenters. The van der Waals surface area contributed by atoms with E-state index in [2.05, 4.69) is 26.6 Å². The molecule has 1 nitrogen and oxygen atoms in total. The average molecular weight is 158 g/mol. The van der Waals surface area contributed by atoms with Crippen molar-refractivity contribution in [2.45, 2.75) is 38.0 Å². The van der Waals surface area contributed by atoms with Crippen LogP contribution in [0.3, 0.4) is 0 Å². The Morgan fingerprint density at radius 2 is 1.90 bits per heavy atom. The molecule has 1 rings (SSSR count). The first-order valence-corrected chi connectivity index (χ1v) is 7.55. The fourth-order valence-corrected chi connectivity index (χ4v) is 4.86. The number of hydrogen-bond donors (Lipinski definition) is 1. The third-order valence-corrected chi connectivity index (χ3v) is 7.07. The summed E-state index contributed by atoms with van der Waals surface area (Å²) in [5.41, 5.74) is 0. The molecule has 0 radical (unpaired) electrons. The van der Waals surface area contributed by atoms with E-state index in [1.807, 2.05) is 0 Å². The summed E-state index contributed by atoms with van der Waals surface area (Å²) in [6.45, 7) is 9.74. The van der Waals surface area contributed by atoms with Crippen molar-refractivity contribution in [1.82, 2.24) is 0 Å². The van der Waals surface area contributed by atoms with E-state index in [0.29, 0.717) is 11.6 Å². The lowest BCUT2D eigenvalue weighted by atomic mass is 10.3. The van der Waals surface area contributed by atoms with Crippen LogP contribution in [0, 0.1) is 5.92 Å². The maximum absolute atomic E-state index is 9.20. The summed E-state index contributed by atoms with van der Waals surface area (Å²) in [5, 5.41) is 9.58. The molecule has 0 amide bonds. The molecule has 0 aliphatic heterocycles. The average Bonchev–Trinajstić information content (AvgIpc) is 2.40. The number of aliphatic hydroxyl groups is 1. The zero-order valence-electron chi connectivity index (χ0n) is 7.44. The maximum Gasteiger partial charge on any atom is 0.0538 e. The molecule has 2 atom stereocenters. The summed E-state index contributed by atoms with van der Waals surface area (Å²) in [6.07, 6.45) is 1.26. The van der Waals surface area contributed by atoms with Gasteiger partial charge in [-0.05, 0) is 17.4 Å². The molecule has 0 aromatic heterocycles. The van der Waals surface area contributed by atoms with Crippen molar-refractivity contribution in [3.63, 3.8) is 0 Å². The summed E-state index contributed by atoms with van der Waals surface area (Å²) >= 11 is 0. The minimum atomic E-state index is -1.09. The maximum atomic E-state index is 9.20. The second-order valence-electron chi connectivity index (χ2n) is 4.67. The SMILES string of the molecule is C[C@@H]1C[C@@]1(CO)[Si](C)(C)C. The van der Waals surface area contributed by atoms with E-state index in [4.69, 9.17) is 0 Å². The lowest BCUT2D eigenvalue weighted by Crippen LogP contribution is -2.33. The zero-order chi connectivity index (χ0) is 7.99. The minimum absolute atomic E-state index is 0.382. The zero-order valence-corrected chi connectivity index (χ0v) is 8.44. The van der Waals surface area contributed by atoms with Gasteiger partial charge in [-0.25, -0.2) is 0 Å². The third kappa shape index (κ3) is 0.939. The fourth-order valence-electron chi connectivity index (χ4n) is 1.99. The summed E-state index contributed by atoms with van der Waals surface area (Å²) in [7, 11) is -1.09. The van der Waals surface area contributed by atoms with Gasteiger partial charge in [0.1, 0.15) is 0 Å². The van der Waals surface area contributed by atoms with Crippen LogP contribution in [0.4, 0.5) is 0 Å². The Balaban J connectivity index is 2.69. The van der Waals surface area contributed by atoms with E-state index in [9.17, 15) is 5.11 Å². The summed E-state index contributed by atoms with van der Waals surface area (Å²) < 4.78 is 0. The van der Waals surface area contributed by atoms with E-state index in [0.717, 1.165) is 5.92 Å². The second-order valence-corrected chi connectivity index (χ2v) is 10.2.